The molecular formula is C24H25N3O2. The Balaban J connectivity index is 1.39. The fraction of sp³-hybridized carbons (Fsp3) is 0.292. The van der Waals surface area contributed by atoms with Crippen LogP contribution in [0.4, 0.5) is 0 Å². The van der Waals surface area contributed by atoms with Gasteiger partial charge in [-0.3, -0.25) is 0 Å². The molecule has 5 heteroatoms. The molecule has 0 saturated carbocycles. The van der Waals surface area contributed by atoms with Crippen LogP contribution in [0.25, 0.3) is 33.1 Å². The number of piperidine rings is 1. The van der Waals surface area contributed by atoms with E-state index in [1.54, 1.807) is 0 Å². The lowest BCUT2D eigenvalue weighted by atomic mass is 9.98. The summed E-state index contributed by atoms with van der Waals surface area (Å²) in [5.74, 6) is 1.67. The average molecular weight is 387 g/mol. The quantitative estimate of drug-likeness (QED) is 0.528. The molecule has 1 aliphatic heterocycles. The number of nitrogens with zero attached hydrogens (tertiary/aromatic N) is 2. The van der Waals surface area contributed by atoms with Gasteiger partial charge in [-0.15, -0.1) is 0 Å². The van der Waals surface area contributed by atoms with Gasteiger partial charge < -0.3 is 19.7 Å². The van der Waals surface area contributed by atoms with Gasteiger partial charge >= 0.3 is 0 Å². The number of nitrogens with one attached hydrogen (secondary N) is 1. The van der Waals surface area contributed by atoms with E-state index in [1.165, 1.54) is 12.8 Å². The van der Waals surface area contributed by atoms with Crippen molar-refractivity contribution in [1.82, 2.24) is 14.9 Å². The van der Waals surface area contributed by atoms with Crippen LogP contribution in [0.15, 0.2) is 54.6 Å². The minimum Gasteiger partial charge on any atom is -0.494 e. The van der Waals surface area contributed by atoms with Crippen LogP contribution in [-0.4, -0.2) is 46.7 Å². The fourth-order valence-corrected chi connectivity index (χ4v) is 4.16. The van der Waals surface area contributed by atoms with Crippen molar-refractivity contribution in [2.24, 2.45) is 5.92 Å². The third kappa shape index (κ3) is 3.54. The van der Waals surface area contributed by atoms with Crippen LogP contribution in [0.1, 0.15) is 12.8 Å². The average Bonchev–Trinajstić information content (AvgIpc) is 3.08. The molecule has 0 amide bonds. The first-order chi connectivity index (χ1) is 14.2. The van der Waals surface area contributed by atoms with Gasteiger partial charge in [-0.25, -0.2) is 4.98 Å². The van der Waals surface area contributed by atoms with Gasteiger partial charge in [-0.05, 0) is 69.2 Å². The Morgan fingerprint density at radius 2 is 1.93 bits per heavy atom. The highest BCUT2D eigenvalue weighted by molar-refractivity contribution is 5.99. The number of rotatable bonds is 4. The Bertz CT molecular complexity index is 1160. The number of H-pyrrole nitrogens is 1. The zero-order chi connectivity index (χ0) is 19.8. The number of ether oxygens (including phenoxy) is 1. The second-order valence-electron chi connectivity index (χ2n) is 8.00. The van der Waals surface area contributed by atoms with Crippen molar-refractivity contribution in [2.75, 3.05) is 26.7 Å². The highest BCUT2D eigenvalue weighted by Gasteiger charge is 2.17. The van der Waals surface area contributed by atoms with Crippen molar-refractivity contribution in [2.45, 2.75) is 12.8 Å². The monoisotopic (exact) mass is 387 g/mol. The highest BCUT2D eigenvalue weighted by atomic mass is 16.5. The fourth-order valence-electron chi connectivity index (χ4n) is 4.16. The number of para-hydroxylation sites is 1. The van der Waals surface area contributed by atoms with Gasteiger partial charge in [0.05, 0.1) is 23.4 Å². The summed E-state index contributed by atoms with van der Waals surface area (Å²) in [7, 11) is 2.18. The molecule has 4 aromatic rings. The van der Waals surface area contributed by atoms with Gasteiger partial charge in [0.25, 0.3) is 0 Å². The number of fused-ring (bicyclic) bond motifs is 2. The molecule has 0 radical (unpaired) electrons. The summed E-state index contributed by atoms with van der Waals surface area (Å²) in [6, 6.07) is 17.9. The summed E-state index contributed by atoms with van der Waals surface area (Å²) >= 11 is 0. The first kappa shape index (κ1) is 18.0. The van der Waals surface area contributed by atoms with Crippen molar-refractivity contribution in [3.05, 3.63) is 54.6 Å². The molecule has 2 aromatic heterocycles. The molecule has 3 heterocycles. The molecule has 0 unspecified atom stereocenters. The Kier molecular flexibility index (Phi) is 4.60. The lowest BCUT2D eigenvalue weighted by Crippen LogP contribution is -2.32. The van der Waals surface area contributed by atoms with Gasteiger partial charge in [0.1, 0.15) is 5.75 Å². The molecule has 5 rings (SSSR count). The van der Waals surface area contributed by atoms with Crippen LogP contribution in [-0.2, 0) is 0 Å². The summed E-state index contributed by atoms with van der Waals surface area (Å²) in [4.78, 5) is 10.2. The Morgan fingerprint density at radius 1 is 1.10 bits per heavy atom. The SMILES string of the molecule is CN1CCC(COc2ccc3nc(-c4c(O)[nH]c5ccccc45)ccc3c2)CC1. The van der Waals surface area contributed by atoms with E-state index in [0.717, 1.165) is 58.5 Å². The molecule has 148 valence electrons. The number of hydrogen-bond donors (Lipinski definition) is 2. The number of aromatic hydroxyl groups is 1. The number of aromatic nitrogens is 2. The largest absolute Gasteiger partial charge is 0.494 e. The smallest absolute Gasteiger partial charge is 0.199 e. The summed E-state index contributed by atoms with van der Waals surface area (Å²) < 4.78 is 6.08. The van der Waals surface area contributed by atoms with Gasteiger partial charge in [-0.2, -0.15) is 0 Å². The van der Waals surface area contributed by atoms with Crippen LogP contribution >= 0.6 is 0 Å². The molecule has 0 bridgehead atoms. The number of benzene rings is 2. The minimum absolute atomic E-state index is 0.149. The van der Waals surface area contributed by atoms with Gasteiger partial charge in [0.2, 0.25) is 0 Å². The van der Waals surface area contributed by atoms with Crippen LogP contribution in [0.5, 0.6) is 11.6 Å². The molecule has 5 nitrogen and oxygen atoms in total. The topological polar surface area (TPSA) is 61.4 Å². The van der Waals surface area contributed by atoms with Crippen LogP contribution in [0.2, 0.25) is 0 Å². The maximum absolute atomic E-state index is 10.4. The Hall–Kier alpha value is -3.05. The summed E-state index contributed by atoms with van der Waals surface area (Å²) in [6.07, 6.45) is 2.40. The van der Waals surface area contributed by atoms with E-state index in [2.05, 4.69) is 23.0 Å². The number of pyridine rings is 1. The van der Waals surface area contributed by atoms with Crippen molar-refractivity contribution in [1.29, 1.82) is 0 Å². The predicted molar refractivity (Wildman–Crippen MR) is 116 cm³/mol. The number of hydrogen-bond acceptors (Lipinski definition) is 4. The van der Waals surface area contributed by atoms with Gasteiger partial charge in [-0.1, -0.05) is 24.3 Å². The van der Waals surface area contributed by atoms with E-state index in [-0.39, 0.29) is 5.88 Å². The van der Waals surface area contributed by atoms with Gasteiger partial charge in [0, 0.05) is 16.3 Å². The van der Waals surface area contributed by atoms with Crippen LogP contribution in [0.3, 0.4) is 0 Å². The molecular weight excluding hydrogens is 362 g/mol. The third-order valence-corrected chi connectivity index (χ3v) is 5.93. The van der Waals surface area contributed by atoms with E-state index >= 15 is 0 Å². The van der Waals surface area contributed by atoms with E-state index in [1.807, 2.05) is 48.5 Å². The van der Waals surface area contributed by atoms with E-state index < -0.39 is 0 Å². The van der Waals surface area contributed by atoms with Gasteiger partial charge in [0.15, 0.2) is 5.88 Å². The summed E-state index contributed by atoms with van der Waals surface area (Å²) in [6.45, 7) is 3.08. The van der Waals surface area contributed by atoms with Crippen molar-refractivity contribution in [3.63, 3.8) is 0 Å². The van der Waals surface area contributed by atoms with Crippen LogP contribution < -0.4 is 4.74 Å². The maximum Gasteiger partial charge on any atom is 0.199 e. The van der Waals surface area contributed by atoms with E-state index in [9.17, 15) is 5.11 Å². The lowest BCUT2D eigenvalue weighted by Gasteiger charge is -2.28. The normalized spacial score (nSPS) is 15.9. The molecule has 2 N–H and O–H groups in total. The number of likely N-dealkylation sites (tertiary alicyclic amines) is 1. The summed E-state index contributed by atoms with van der Waals surface area (Å²) in [5.41, 5.74) is 3.29. The first-order valence-corrected chi connectivity index (χ1v) is 10.2. The molecule has 1 fully saturated rings. The maximum atomic E-state index is 10.4. The van der Waals surface area contributed by atoms with Crippen molar-refractivity contribution in [3.8, 4) is 22.9 Å². The zero-order valence-corrected chi connectivity index (χ0v) is 16.6. The standard InChI is InChI=1S/C24H25N3O2/c1-27-12-10-16(11-13-27)15-29-18-7-9-20-17(14-18)6-8-22(25-20)23-19-4-2-3-5-21(19)26-24(23)28/h2-9,14,16,26,28H,10-13,15H2,1H3. The van der Waals surface area contributed by atoms with E-state index in [0.29, 0.717) is 5.92 Å². The molecule has 2 aromatic carbocycles. The first-order valence-electron chi connectivity index (χ1n) is 10.2. The lowest BCUT2D eigenvalue weighted by molar-refractivity contribution is 0.160. The second-order valence-corrected chi connectivity index (χ2v) is 8.00. The second kappa shape index (κ2) is 7.41. The summed E-state index contributed by atoms with van der Waals surface area (Å²) in [5, 5.41) is 12.4. The highest BCUT2D eigenvalue weighted by Crippen LogP contribution is 2.36. The Labute approximate surface area is 169 Å². The molecule has 0 atom stereocenters. The predicted octanol–water partition coefficient (Wildman–Crippen LogP) is 4.81. The molecule has 1 saturated heterocycles. The number of aromatic amines is 1. The zero-order valence-electron chi connectivity index (χ0n) is 16.6. The van der Waals surface area contributed by atoms with Crippen LogP contribution in [0, 0.1) is 5.92 Å². The molecule has 1 aliphatic rings. The molecule has 0 aliphatic carbocycles. The van der Waals surface area contributed by atoms with E-state index in [4.69, 9.17) is 9.72 Å². The molecule has 29 heavy (non-hydrogen) atoms. The van der Waals surface area contributed by atoms with Crippen molar-refractivity contribution < 1.29 is 9.84 Å². The Morgan fingerprint density at radius 3 is 2.79 bits per heavy atom. The minimum atomic E-state index is 0.149. The molecule has 0 spiro atoms. The third-order valence-electron chi connectivity index (χ3n) is 5.93. The van der Waals surface area contributed by atoms with Crippen molar-refractivity contribution >= 4 is 21.8 Å².